The van der Waals surface area contributed by atoms with E-state index in [1.165, 1.54) is 6.42 Å². The van der Waals surface area contributed by atoms with Crippen molar-refractivity contribution >= 4 is 19.8 Å². The van der Waals surface area contributed by atoms with Crippen LogP contribution in [0.1, 0.15) is 194 Å². The van der Waals surface area contributed by atoms with Crippen LogP contribution in [0, 0.1) is 0 Å². The summed E-state index contributed by atoms with van der Waals surface area (Å²) in [5, 5.41) is 0. The molecule has 0 aromatic rings. The SMILES string of the molecule is CC/C=C\C/C=C\C/C=C\C/C=C\C/C=C\C/C=C\C/C=C\C/C=C\C/C=C\C/C=C\C/C=C\CCCCCCCC(=O)OC(COC(=O)CCCCCCC/C=C\C/C=C\CCC)COP(=O)(O)OCC[N+](C)(C)C. The number of esters is 2. The number of carbonyl (C=O) groups excluding carboxylic acids is 2. The molecule has 0 spiro atoms. The van der Waals surface area contributed by atoms with Gasteiger partial charge in [0.15, 0.2) is 6.10 Å². The van der Waals surface area contributed by atoms with Crippen molar-refractivity contribution in [1.82, 2.24) is 0 Å². The molecule has 0 rings (SSSR count). The lowest BCUT2D eigenvalue weighted by Gasteiger charge is -2.24. The Morgan fingerprint density at radius 3 is 1.12 bits per heavy atom. The number of rotatable bonds is 51. The Balaban J connectivity index is 4.19. The zero-order valence-corrected chi connectivity index (χ0v) is 49.3. The summed E-state index contributed by atoms with van der Waals surface area (Å²) in [6.45, 7) is 4.18. The van der Waals surface area contributed by atoms with Gasteiger partial charge in [-0.3, -0.25) is 18.6 Å². The van der Waals surface area contributed by atoms with Crippen molar-refractivity contribution in [2.75, 3.05) is 47.5 Å². The highest BCUT2D eigenvalue weighted by atomic mass is 31.2. The third kappa shape index (κ3) is 58.9. The number of phosphoric acid groups is 1. The van der Waals surface area contributed by atoms with E-state index in [0.29, 0.717) is 23.9 Å². The van der Waals surface area contributed by atoms with Crippen LogP contribution in [0.15, 0.2) is 158 Å². The second-order valence-corrected chi connectivity index (χ2v) is 21.4. The van der Waals surface area contributed by atoms with Crippen molar-refractivity contribution < 1.29 is 42.1 Å². The van der Waals surface area contributed by atoms with Gasteiger partial charge in [0.25, 0.3) is 0 Å². The minimum absolute atomic E-state index is 0.0164. The summed E-state index contributed by atoms with van der Waals surface area (Å²) in [7, 11) is 1.43. The van der Waals surface area contributed by atoms with Crippen LogP contribution in [0.3, 0.4) is 0 Å². The van der Waals surface area contributed by atoms with Crippen molar-refractivity contribution in [3.05, 3.63) is 158 Å². The number of hydrogen-bond acceptors (Lipinski definition) is 7. The van der Waals surface area contributed by atoms with Gasteiger partial charge in [0, 0.05) is 12.8 Å². The second-order valence-electron chi connectivity index (χ2n) is 19.9. The van der Waals surface area contributed by atoms with Crippen molar-refractivity contribution in [1.29, 1.82) is 0 Å². The van der Waals surface area contributed by atoms with Gasteiger partial charge >= 0.3 is 19.8 Å². The zero-order valence-electron chi connectivity index (χ0n) is 48.4. The van der Waals surface area contributed by atoms with Crippen LogP contribution in [0.2, 0.25) is 0 Å². The molecule has 0 aromatic heterocycles. The average Bonchev–Trinajstić information content (AvgIpc) is 3.38. The number of carbonyl (C=O) groups is 2. The van der Waals surface area contributed by atoms with Crippen LogP contribution in [0.5, 0.6) is 0 Å². The summed E-state index contributed by atoms with van der Waals surface area (Å²) in [4.78, 5) is 35.6. The molecule has 2 unspecified atom stereocenters. The third-order valence-electron chi connectivity index (χ3n) is 11.5. The van der Waals surface area contributed by atoms with Crippen LogP contribution in [-0.4, -0.2) is 74.9 Å². The molecule has 0 radical (unpaired) electrons. The summed E-state index contributed by atoms with van der Waals surface area (Å²) in [6.07, 6.45) is 83.2. The molecule has 9 nitrogen and oxygen atoms in total. The van der Waals surface area contributed by atoms with E-state index >= 15 is 0 Å². The molecular weight excluding hydrogens is 966 g/mol. The average molecular weight is 1070 g/mol. The highest BCUT2D eigenvalue weighted by Crippen LogP contribution is 2.43. The molecule has 10 heteroatoms. The maximum atomic E-state index is 12.8. The summed E-state index contributed by atoms with van der Waals surface area (Å²) in [6, 6.07) is 0. The van der Waals surface area contributed by atoms with E-state index in [1.807, 2.05) is 21.1 Å². The molecule has 0 amide bonds. The van der Waals surface area contributed by atoms with Gasteiger partial charge < -0.3 is 18.9 Å². The molecule has 0 heterocycles. The fraction of sp³-hybridized carbons (Fsp3) is 0.576. The van der Waals surface area contributed by atoms with Crippen LogP contribution in [0.4, 0.5) is 0 Å². The van der Waals surface area contributed by atoms with Crippen molar-refractivity contribution in [2.24, 2.45) is 0 Å². The topological polar surface area (TPSA) is 108 Å². The fourth-order valence-electron chi connectivity index (χ4n) is 7.06. The normalized spacial score (nSPS) is 14.4. The van der Waals surface area contributed by atoms with Crippen LogP contribution in [0.25, 0.3) is 0 Å². The minimum Gasteiger partial charge on any atom is -0.462 e. The van der Waals surface area contributed by atoms with Crippen molar-refractivity contribution in [2.45, 2.75) is 200 Å². The second kappa shape index (κ2) is 55.4. The molecule has 428 valence electrons. The Bertz CT molecular complexity index is 1840. The Hall–Kier alpha value is -4.37. The number of allylic oxidation sites excluding steroid dienone is 26. The molecule has 0 bridgehead atoms. The number of unbranched alkanes of at least 4 members (excludes halogenated alkanes) is 11. The fourth-order valence-corrected chi connectivity index (χ4v) is 7.80. The number of phosphoric ester groups is 1. The molecule has 0 saturated heterocycles. The van der Waals surface area contributed by atoms with Gasteiger partial charge in [0.2, 0.25) is 0 Å². The number of hydrogen-bond donors (Lipinski definition) is 1. The van der Waals surface area contributed by atoms with E-state index in [2.05, 4.69) is 172 Å². The lowest BCUT2D eigenvalue weighted by molar-refractivity contribution is -0.870. The summed E-state index contributed by atoms with van der Waals surface area (Å²) in [5.74, 6) is -0.851. The molecule has 1 N–H and O–H groups in total. The monoisotopic (exact) mass is 1070 g/mol. The first-order chi connectivity index (χ1) is 37.0. The van der Waals surface area contributed by atoms with E-state index < -0.39 is 32.5 Å². The van der Waals surface area contributed by atoms with E-state index in [-0.39, 0.29) is 26.1 Å². The Morgan fingerprint density at radius 1 is 0.421 bits per heavy atom. The van der Waals surface area contributed by atoms with Gasteiger partial charge in [-0.1, -0.05) is 217 Å². The minimum atomic E-state index is -4.40. The summed E-state index contributed by atoms with van der Waals surface area (Å²) < 4.78 is 34.4. The van der Waals surface area contributed by atoms with Gasteiger partial charge in [0.05, 0.1) is 27.7 Å². The van der Waals surface area contributed by atoms with Crippen molar-refractivity contribution in [3.8, 4) is 0 Å². The van der Waals surface area contributed by atoms with Gasteiger partial charge in [-0.2, -0.15) is 0 Å². The standard InChI is InChI=1S/C66H106NO8P/c1-6-8-10-12-14-16-18-20-21-22-23-24-25-26-27-28-29-30-31-32-33-34-35-36-37-38-39-40-41-42-43-44-45-47-49-51-53-55-57-59-66(69)75-64(63-74-76(70,71)73-61-60-67(3,4)5)62-72-65(68)58-56-54-52-50-48-46-19-17-15-13-11-9-7-2/h8,10-11,13-14,16-17,19-21,23-24,26-27,29-30,32-33,35-36,38-39,41-42,44-45,64H,6-7,9,12,15,18,22,25,28,31,34,37,40,43,46-63H2,1-5H3/p+1/b10-8-,13-11-,16-14-,19-17-,21-20-,24-23-,27-26-,30-29-,33-32-,36-35-,39-38-,42-41-,45-44-. The first kappa shape index (κ1) is 71.6. The maximum Gasteiger partial charge on any atom is 0.472 e. The third-order valence-corrected chi connectivity index (χ3v) is 12.5. The Morgan fingerprint density at radius 2 is 0.750 bits per heavy atom. The molecule has 0 saturated carbocycles. The van der Waals surface area contributed by atoms with Gasteiger partial charge in [0.1, 0.15) is 19.8 Å². The molecule has 0 aliphatic heterocycles. The van der Waals surface area contributed by atoms with E-state index in [0.717, 1.165) is 148 Å². The summed E-state index contributed by atoms with van der Waals surface area (Å²) >= 11 is 0. The first-order valence-electron chi connectivity index (χ1n) is 29.2. The van der Waals surface area contributed by atoms with E-state index in [4.69, 9.17) is 18.5 Å². The smallest absolute Gasteiger partial charge is 0.462 e. The predicted molar refractivity (Wildman–Crippen MR) is 325 cm³/mol. The predicted octanol–water partition coefficient (Wildman–Crippen LogP) is 18.5. The largest absolute Gasteiger partial charge is 0.472 e. The lowest BCUT2D eigenvalue weighted by atomic mass is 10.1. The number of ether oxygens (including phenoxy) is 2. The van der Waals surface area contributed by atoms with E-state index in [9.17, 15) is 19.0 Å². The number of likely N-dealkylation sites (N-methyl/N-ethyl adjacent to an activating group) is 1. The summed E-state index contributed by atoms with van der Waals surface area (Å²) in [5.41, 5.74) is 0. The van der Waals surface area contributed by atoms with Gasteiger partial charge in [-0.25, -0.2) is 4.57 Å². The Labute approximate surface area is 465 Å². The molecular formula is C66H107NO8P+. The van der Waals surface area contributed by atoms with Gasteiger partial charge in [-0.15, -0.1) is 0 Å². The number of nitrogens with zero attached hydrogens (tertiary/aromatic N) is 1. The molecule has 0 aliphatic rings. The Kier molecular flexibility index (Phi) is 52.2. The van der Waals surface area contributed by atoms with E-state index in [1.54, 1.807) is 0 Å². The quantitative estimate of drug-likeness (QED) is 0.0211. The zero-order chi connectivity index (χ0) is 55.6. The highest BCUT2D eigenvalue weighted by molar-refractivity contribution is 7.47. The highest BCUT2D eigenvalue weighted by Gasteiger charge is 2.27. The van der Waals surface area contributed by atoms with Crippen molar-refractivity contribution in [3.63, 3.8) is 0 Å². The lowest BCUT2D eigenvalue weighted by Crippen LogP contribution is -2.37. The molecule has 0 fully saturated rings. The molecule has 76 heavy (non-hydrogen) atoms. The van der Waals surface area contributed by atoms with Crippen LogP contribution in [-0.2, 0) is 32.7 Å². The molecule has 0 aliphatic carbocycles. The van der Waals surface area contributed by atoms with Crippen LogP contribution >= 0.6 is 7.82 Å². The van der Waals surface area contributed by atoms with Gasteiger partial charge in [-0.05, 0) is 122 Å². The molecule has 0 aromatic carbocycles. The van der Waals surface area contributed by atoms with Crippen LogP contribution < -0.4 is 0 Å². The number of quaternary nitrogens is 1. The first-order valence-corrected chi connectivity index (χ1v) is 30.7. The molecule has 2 atom stereocenters. The maximum absolute atomic E-state index is 12.8.